The number of aromatic nitrogens is 7. The summed E-state index contributed by atoms with van der Waals surface area (Å²) in [7, 11) is 1.83. The molecule has 0 bridgehead atoms. The van der Waals surface area contributed by atoms with E-state index in [0.29, 0.717) is 80.2 Å². The van der Waals surface area contributed by atoms with Crippen LogP contribution in [0.15, 0.2) is 72.3 Å². The Morgan fingerprint density at radius 3 is 2.00 bits per heavy atom. The van der Waals surface area contributed by atoms with Gasteiger partial charge in [-0.05, 0) is 76.6 Å². The van der Waals surface area contributed by atoms with Crippen LogP contribution in [0, 0.1) is 0 Å². The zero-order valence-corrected chi connectivity index (χ0v) is 38.0. The van der Waals surface area contributed by atoms with Crippen LogP contribution in [0.2, 0.25) is 0 Å². The largest absolute Gasteiger partial charge is 0.495 e. The molecule has 63 heavy (non-hydrogen) atoms. The van der Waals surface area contributed by atoms with Crippen molar-refractivity contribution in [3.63, 3.8) is 0 Å². The Hall–Kier alpha value is -6.10. The summed E-state index contributed by atoms with van der Waals surface area (Å²) in [6.07, 6.45) is 7.44. The molecule has 0 saturated carbocycles. The van der Waals surface area contributed by atoms with Crippen LogP contribution in [0.3, 0.4) is 0 Å². The second-order valence-corrected chi connectivity index (χ2v) is 17.7. The molecule has 5 heterocycles. The lowest BCUT2D eigenvalue weighted by Crippen LogP contribution is -2.28. The summed E-state index contributed by atoms with van der Waals surface area (Å²) in [6, 6.07) is 10.6. The van der Waals surface area contributed by atoms with Gasteiger partial charge in [0, 0.05) is 72.1 Å². The molecule has 4 amide bonds. The molecule has 7 rings (SSSR count). The number of urea groups is 2. The number of thiazole rings is 2. The van der Waals surface area contributed by atoms with Gasteiger partial charge >= 0.3 is 12.1 Å². The highest BCUT2D eigenvalue weighted by Gasteiger charge is 2.22. The summed E-state index contributed by atoms with van der Waals surface area (Å²) < 4.78 is 25.0. The number of hydrogen-bond acceptors (Lipinski definition) is 16. The van der Waals surface area contributed by atoms with E-state index in [1.807, 2.05) is 50.2 Å². The molecular formula is C42H47N11O7S3. The number of nitrogens with zero attached hydrogens (tertiary/aromatic N) is 7. The van der Waals surface area contributed by atoms with Gasteiger partial charge in [0.1, 0.15) is 17.5 Å². The molecule has 2 atom stereocenters. The van der Waals surface area contributed by atoms with Crippen LogP contribution < -0.4 is 26.0 Å². The first-order valence-electron chi connectivity index (χ1n) is 19.6. The average Bonchev–Trinajstić information content (AvgIpc) is 3.87. The van der Waals surface area contributed by atoms with Crippen molar-refractivity contribution in [1.29, 1.82) is 0 Å². The van der Waals surface area contributed by atoms with E-state index in [2.05, 4.69) is 56.2 Å². The molecule has 330 valence electrons. The zero-order valence-electron chi connectivity index (χ0n) is 35.5. The van der Waals surface area contributed by atoms with Crippen LogP contribution in [0.4, 0.5) is 19.9 Å². The highest BCUT2D eigenvalue weighted by molar-refractivity contribution is 7.85. The molecule has 18 nitrogen and oxygen atoms in total. The number of ether oxygens (including phenoxy) is 2. The van der Waals surface area contributed by atoms with Gasteiger partial charge in [-0.3, -0.25) is 19.8 Å². The molecule has 0 aliphatic rings. The van der Waals surface area contributed by atoms with E-state index in [1.54, 1.807) is 66.0 Å². The number of amides is 4. The summed E-state index contributed by atoms with van der Waals surface area (Å²) in [5.41, 5.74) is 4.77. The first-order chi connectivity index (χ1) is 30.2. The van der Waals surface area contributed by atoms with Crippen LogP contribution >= 0.6 is 22.7 Å². The third kappa shape index (κ3) is 11.7. The number of aliphatic hydroxyl groups is 2. The Balaban J connectivity index is 0.000000210. The minimum atomic E-state index is -1.33. The Labute approximate surface area is 373 Å². The molecule has 5 aromatic heterocycles. The number of aliphatic hydroxyl groups excluding tert-OH is 1. The zero-order chi connectivity index (χ0) is 45.3. The topological polar surface area (TPSA) is 248 Å². The Bertz CT molecular complexity index is 2700. The second-order valence-electron chi connectivity index (χ2n) is 14.2. The molecule has 0 radical (unpaired) electrons. The monoisotopic (exact) mass is 913 g/mol. The Morgan fingerprint density at radius 1 is 0.794 bits per heavy atom. The number of nitrogens with one attached hydrogen (secondary N) is 4. The van der Waals surface area contributed by atoms with Gasteiger partial charge in [-0.15, -0.1) is 0 Å². The highest BCUT2D eigenvalue weighted by atomic mass is 32.2. The lowest BCUT2D eigenvalue weighted by atomic mass is 10.0. The van der Waals surface area contributed by atoms with Crippen molar-refractivity contribution in [3.8, 4) is 39.3 Å². The van der Waals surface area contributed by atoms with Crippen molar-refractivity contribution in [3.05, 3.63) is 79.0 Å². The number of rotatable bonds is 14. The van der Waals surface area contributed by atoms with Gasteiger partial charge in [0.25, 0.3) is 0 Å². The second kappa shape index (κ2) is 20.8. The molecule has 7 aromatic rings. The van der Waals surface area contributed by atoms with E-state index in [4.69, 9.17) is 9.47 Å². The number of methoxy groups -OCH3 is 2. The summed E-state index contributed by atoms with van der Waals surface area (Å²) in [6.45, 7) is 9.89. The van der Waals surface area contributed by atoms with Crippen LogP contribution in [0.1, 0.15) is 52.4 Å². The molecule has 0 saturated heterocycles. The molecule has 1 unspecified atom stereocenters. The van der Waals surface area contributed by atoms with Crippen molar-refractivity contribution in [2.45, 2.75) is 51.2 Å². The SMILES string of the molecule is CCNC(=O)Nc1nc2cc(-c3cnc(C(C)(C)O)nc3)c(S(=O)CCOC)cc2s1.CCNC(=O)Nc1nc2cc(-c3cnc([C@@H](C)O)nc3)cc(-c3ccc(OC)cn3)c2s1. The molecule has 2 aromatic carbocycles. The molecule has 6 N–H and O–H groups in total. The summed E-state index contributed by atoms with van der Waals surface area (Å²) in [5.74, 6) is 1.64. The molecule has 0 spiro atoms. The highest BCUT2D eigenvalue weighted by Crippen LogP contribution is 2.39. The predicted octanol–water partition coefficient (Wildman–Crippen LogP) is 6.89. The van der Waals surface area contributed by atoms with Crippen molar-refractivity contribution >= 4 is 76.2 Å². The van der Waals surface area contributed by atoms with Gasteiger partial charge < -0.3 is 30.3 Å². The maximum atomic E-state index is 13.0. The van der Waals surface area contributed by atoms with Crippen LogP contribution in [0.5, 0.6) is 5.75 Å². The smallest absolute Gasteiger partial charge is 0.321 e. The van der Waals surface area contributed by atoms with Gasteiger partial charge in [0.2, 0.25) is 0 Å². The molecular weight excluding hydrogens is 867 g/mol. The Kier molecular flexibility index (Phi) is 15.4. The lowest BCUT2D eigenvalue weighted by molar-refractivity contribution is 0.0687. The van der Waals surface area contributed by atoms with Gasteiger partial charge in [-0.2, -0.15) is 0 Å². The van der Waals surface area contributed by atoms with Crippen molar-refractivity contribution in [1.82, 2.24) is 45.5 Å². The van der Waals surface area contributed by atoms with Crippen LogP contribution in [-0.4, -0.2) is 101 Å². The molecule has 21 heteroatoms. The van der Waals surface area contributed by atoms with Crippen LogP contribution in [-0.2, 0) is 21.1 Å². The van der Waals surface area contributed by atoms with Crippen molar-refractivity contribution in [2.75, 3.05) is 50.3 Å². The Morgan fingerprint density at radius 2 is 1.43 bits per heavy atom. The number of carbonyl (C=O) groups excluding carboxylic acids is 2. The van der Waals surface area contributed by atoms with Gasteiger partial charge in [-0.1, -0.05) is 22.7 Å². The average molecular weight is 914 g/mol. The number of hydrogen-bond donors (Lipinski definition) is 6. The third-order valence-electron chi connectivity index (χ3n) is 8.95. The maximum Gasteiger partial charge on any atom is 0.321 e. The number of anilines is 2. The molecule has 0 aliphatic carbocycles. The first-order valence-corrected chi connectivity index (χ1v) is 22.6. The van der Waals surface area contributed by atoms with Crippen LogP contribution in [0.25, 0.3) is 53.9 Å². The van der Waals surface area contributed by atoms with E-state index in [0.717, 1.165) is 31.8 Å². The predicted molar refractivity (Wildman–Crippen MR) is 245 cm³/mol. The van der Waals surface area contributed by atoms with Gasteiger partial charge in [-0.25, -0.2) is 39.5 Å². The fourth-order valence-corrected chi connectivity index (χ4v) is 9.01. The summed E-state index contributed by atoms with van der Waals surface area (Å²) >= 11 is 2.68. The molecule has 0 aliphatic heterocycles. The van der Waals surface area contributed by atoms with E-state index >= 15 is 0 Å². The minimum Gasteiger partial charge on any atom is -0.495 e. The molecule has 0 fully saturated rings. The fourth-order valence-electron chi connectivity index (χ4n) is 5.88. The number of fused-ring (bicyclic) bond motifs is 2. The summed E-state index contributed by atoms with van der Waals surface area (Å²) in [5, 5.41) is 31.6. The normalized spacial score (nSPS) is 12.3. The van der Waals surface area contributed by atoms with E-state index in [1.165, 1.54) is 22.7 Å². The van der Waals surface area contributed by atoms with Crippen molar-refractivity contribution < 1.29 is 33.5 Å². The van der Waals surface area contributed by atoms with E-state index in [-0.39, 0.29) is 12.1 Å². The quantitative estimate of drug-likeness (QED) is 0.0650. The van der Waals surface area contributed by atoms with E-state index < -0.39 is 22.5 Å². The summed E-state index contributed by atoms with van der Waals surface area (Å²) in [4.78, 5) is 55.1. The minimum absolute atomic E-state index is 0.293. The van der Waals surface area contributed by atoms with Gasteiger partial charge in [0.15, 0.2) is 21.9 Å². The number of pyridine rings is 1. The number of benzene rings is 2. The third-order valence-corrected chi connectivity index (χ3v) is 12.3. The standard InChI is InChI=1S/C22H22N6O3S.C20H25N5O4S2/c1-4-23-21(30)28-22-27-18-8-13(14-9-25-20(12(2)29)26-10-14)7-16(19(18)32-22)17-6-5-15(31-3)11-24-17;1-5-21-18(26)25-19-24-14-8-13(12-10-22-17(23-11-12)20(2,3)27)16(9-15(14)30-19)31(28)7-6-29-4/h5-12,29H,4H2,1-3H3,(H2,23,27,28,30);8-11,27H,5-7H2,1-4H3,(H2,21,24,25,26)/t12-;/m1./s1. The van der Waals surface area contributed by atoms with Gasteiger partial charge in [0.05, 0.1) is 62.6 Å². The van der Waals surface area contributed by atoms with Crippen molar-refractivity contribution in [2.24, 2.45) is 0 Å². The van der Waals surface area contributed by atoms with E-state index in [9.17, 15) is 24.0 Å². The first kappa shape index (κ1) is 46.4. The number of carbonyl (C=O) groups is 2. The maximum absolute atomic E-state index is 13.0. The fraction of sp³-hybridized carbons (Fsp3) is 0.310. The lowest BCUT2D eigenvalue weighted by Gasteiger charge is -2.15.